The number of hydrogen-bond donors (Lipinski definition) is 2. The van der Waals surface area contributed by atoms with E-state index in [9.17, 15) is 9.59 Å². The highest BCUT2D eigenvalue weighted by molar-refractivity contribution is 7.14. The number of ether oxygens (including phenoxy) is 1. The standard InChI is InChI=1S/C18H20ClN3O3S/c1-25-15-7-6-13(19)10-14(15)20-17(23)12-4-2-8-22(11-12)18(24)21-16-5-3-9-26-16/h3,5-7,9-10,12H,2,4,8,11H2,1H3,(H,20,23)(H,21,24). The van der Waals surface area contributed by atoms with Crippen molar-refractivity contribution in [2.24, 2.45) is 5.92 Å². The molecule has 2 N–H and O–H groups in total. The Balaban J connectivity index is 1.63. The second-order valence-corrected chi connectivity index (χ2v) is 7.41. The van der Waals surface area contributed by atoms with E-state index in [-0.39, 0.29) is 17.9 Å². The number of likely N-dealkylation sites (tertiary alicyclic amines) is 1. The van der Waals surface area contributed by atoms with Gasteiger partial charge in [-0.05, 0) is 48.6 Å². The van der Waals surface area contributed by atoms with Gasteiger partial charge in [0.25, 0.3) is 0 Å². The Bertz CT molecular complexity index is 782. The highest BCUT2D eigenvalue weighted by Gasteiger charge is 2.29. The molecule has 1 aliphatic rings. The largest absolute Gasteiger partial charge is 0.495 e. The van der Waals surface area contributed by atoms with Crippen LogP contribution in [0, 0.1) is 5.92 Å². The second-order valence-electron chi connectivity index (χ2n) is 6.03. The number of carbonyl (C=O) groups is 2. The molecule has 138 valence electrons. The molecule has 1 unspecified atom stereocenters. The van der Waals surface area contributed by atoms with Gasteiger partial charge in [0.05, 0.1) is 23.7 Å². The highest BCUT2D eigenvalue weighted by Crippen LogP contribution is 2.29. The summed E-state index contributed by atoms with van der Waals surface area (Å²) in [7, 11) is 1.54. The predicted molar refractivity (Wildman–Crippen MR) is 104 cm³/mol. The number of halogens is 1. The minimum absolute atomic E-state index is 0.140. The summed E-state index contributed by atoms with van der Waals surface area (Å²) in [6.07, 6.45) is 1.51. The number of hydrogen-bond acceptors (Lipinski definition) is 4. The molecule has 0 saturated carbocycles. The summed E-state index contributed by atoms with van der Waals surface area (Å²) in [5.41, 5.74) is 0.533. The summed E-state index contributed by atoms with van der Waals surface area (Å²) >= 11 is 7.47. The lowest BCUT2D eigenvalue weighted by Crippen LogP contribution is -2.45. The fraction of sp³-hybridized carbons (Fsp3) is 0.333. The lowest BCUT2D eigenvalue weighted by atomic mass is 9.97. The number of piperidine rings is 1. The molecule has 6 nitrogen and oxygen atoms in total. The first-order valence-electron chi connectivity index (χ1n) is 8.30. The van der Waals surface area contributed by atoms with Gasteiger partial charge in [-0.3, -0.25) is 10.1 Å². The topological polar surface area (TPSA) is 70.7 Å². The molecule has 3 rings (SSSR count). The average molecular weight is 394 g/mol. The van der Waals surface area contributed by atoms with E-state index in [0.29, 0.717) is 29.5 Å². The van der Waals surface area contributed by atoms with E-state index in [1.807, 2.05) is 17.5 Å². The van der Waals surface area contributed by atoms with Crippen molar-refractivity contribution in [1.82, 2.24) is 4.90 Å². The smallest absolute Gasteiger partial charge is 0.322 e. The van der Waals surface area contributed by atoms with Crippen LogP contribution in [0.4, 0.5) is 15.5 Å². The molecule has 1 atom stereocenters. The number of benzene rings is 1. The van der Waals surface area contributed by atoms with Gasteiger partial charge in [0.2, 0.25) is 5.91 Å². The first-order valence-corrected chi connectivity index (χ1v) is 9.56. The van der Waals surface area contributed by atoms with Crippen LogP contribution in [0.1, 0.15) is 12.8 Å². The van der Waals surface area contributed by atoms with E-state index < -0.39 is 0 Å². The highest BCUT2D eigenvalue weighted by atomic mass is 35.5. The molecular formula is C18H20ClN3O3S. The molecule has 0 aliphatic carbocycles. The Labute approximate surface area is 161 Å². The maximum Gasteiger partial charge on any atom is 0.322 e. The first-order chi connectivity index (χ1) is 12.6. The molecule has 3 amide bonds. The van der Waals surface area contributed by atoms with Gasteiger partial charge in [0, 0.05) is 18.1 Å². The van der Waals surface area contributed by atoms with Crippen LogP contribution < -0.4 is 15.4 Å². The Morgan fingerprint density at radius 2 is 2.15 bits per heavy atom. The number of thiophene rings is 1. The molecule has 0 bridgehead atoms. The maximum absolute atomic E-state index is 12.7. The molecule has 1 aromatic carbocycles. The molecular weight excluding hydrogens is 374 g/mol. The van der Waals surface area contributed by atoms with Gasteiger partial charge in [-0.2, -0.15) is 0 Å². The van der Waals surface area contributed by atoms with Gasteiger partial charge in [0.15, 0.2) is 0 Å². The zero-order valence-electron chi connectivity index (χ0n) is 14.3. The number of amides is 3. The second kappa shape index (κ2) is 8.42. The number of nitrogens with one attached hydrogen (secondary N) is 2. The van der Waals surface area contributed by atoms with Crippen molar-refractivity contribution in [3.63, 3.8) is 0 Å². The average Bonchev–Trinajstić information content (AvgIpc) is 3.15. The van der Waals surface area contributed by atoms with Crippen molar-refractivity contribution in [1.29, 1.82) is 0 Å². The maximum atomic E-state index is 12.7. The Hall–Kier alpha value is -2.25. The number of nitrogens with zero attached hydrogens (tertiary/aromatic N) is 1. The van der Waals surface area contributed by atoms with Gasteiger partial charge >= 0.3 is 6.03 Å². The number of carbonyl (C=O) groups excluding carboxylic acids is 2. The van der Waals surface area contributed by atoms with Crippen molar-refractivity contribution < 1.29 is 14.3 Å². The number of rotatable bonds is 4. The third-order valence-corrected chi connectivity index (χ3v) is 5.27. The summed E-state index contributed by atoms with van der Waals surface area (Å²) in [6.45, 7) is 1.02. The number of anilines is 2. The van der Waals surface area contributed by atoms with Gasteiger partial charge in [-0.25, -0.2) is 4.79 Å². The van der Waals surface area contributed by atoms with E-state index in [0.717, 1.165) is 17.8 Å². The molecule has 0 spiro atoms. The van der Waals surface area contributed by atoms with E-state index in [2.05, 4.69) is 10.6 Å². The van der Waals surface area contributed by atoms with Crippen molar-refractivity contribution >= 4 is 45.6 Å². The summed E-state index contributed by atoms with van der Waals surface area (Å²) in [4.78, 5) is 26.7. The van der Waals surface area contributed by atoms with Gasteiger partial charge in [-0.1, -0.05) is 11.6 Å². The molecule has 1 aliphatic heterocycles. The summed E-state index contributed by atoms with van der Waals surface area (Å²) < 4.78 is 5.26. The Morgan fingerprint density at radius 1 is 1.31 bits per heavy atom. The molecule has 2 aromatic rings. The lowest BCUT2D eigenvalue weighted by Gasteiger charge is -2.32. The van der Waals surface area contributed by atoms with E-state index >= 15 is 0 Å². The Kier molecular flexibility index (Phi) is 6.00. The van der Waals surface area contributed by atoms with Crippen molar-refractivity contribution in [3.05, 3.63) is 40.7 Å². The van der Waals surface area contributed by atoms with Crippen LogP contribution in [0.3, 0.4) is 0 Å². The monoisotopic (exact) mass is 393 g/mol. The minimum atomic E-state index is -0.276. The van der Waals surface area contributed by atoms with Gasteiger partial charge in [0.1, 0.15) is 5.75 Å². The molecule has 1 saturated heterocycles. The van der Waals surface area contributed by atoms with Crippen molar-refractivity contribution in [3.8, 4) is 5.75 Å². The first kappa shape index (κ1) is 18.5. The summed E-state index contributed by atoms with van der Waals surface area (Å²) in [5.74, 6) is 0.131. The van der Waals surface area contributed by atoms with Gasteiger partial charge in [-0.15, -0.1) is 11.3 Å². The van der Waals surface area contributed by atoms with Crippen LogP contribution in [-0.4, -0.2) is 37.0 Å². The summed E-state index contributed by atoms with van der Waals surface area (Å²) in [6, 6.07) is 8.62. The third kappa shape index (κ3) is 4.47. The molecule has 8 heteroatoms. The Morgan fingerprint density at radius 3 is 2.88 bits per heavy atom. The number of urea groups is 1. The van der Waals surface area contributed by atoms with Crippen LogP contribution >= 0.6 is 22.9 Å². The normalized spacial score (nSPS) is 16.8. The third-order valence-electron chi connectivity index (χ3n) is 4.25. The zero-order chi connectivity index (χ0) is 18.5. The van der Waals surface area contributed by atoms with Crippen LogP contribution in [-0.2, 0) is 4.79 Å². The predicted octanol–water partition coefficient (Wildman–Crippen LogP) is 4.29. The SMILES string of the molecule is COc1ccc(Cl)cc1NC(=O)C1CCCN(C(=O)Nc2cccs2)C1. The van der Waals surface area contributed by atoms with Crippen molar-refractivity contribution in [2.75, 3.05) is 30.8 Å². The van der Waals surface area contributed by atoms with E-state index in [4.69, 9.17) is 16.3 Å². The van der Waals surface area contributed by atoms with E-state index in [1.165, 1.54) is 18.4 Å². The fourth-order valence-corrected chi connectivity index (χ4v) is 3.70. The molecule has 26 heavy (non-hydrogen) atoms. The molecule has 1 aromatic heterocycles. The number of methoxy groups -OCH3 is 1. The van der Waals surface area contributed by atoms with Crippen molar-refractivity contribution in [2.45, 2.75) is 12.8 Å². The van der Waals surface area contributed by atoms with Gasteiger partial charge < -0.3 is 15.0 Å². The summed E-state index contributed by atoms with van der Waals surface area (Å²) in [5, 5.41) is 8.95. The molecule has 1 fully saturated rings. The minimum Gasteiger partial charge on any atom is -0.495 e. The molecule has 0 radical (unpaired) electrons. The zero-order valence-corrected chi connectivity index (χ0v) is 15.9. The fourth-order valence-electron chi connectivity index (χ4n) is 2.92. The lowest BCUT2D eigenvalue weighted by molar-refractivity contribution is -0.121. The van der Waals surface area contributed by atoms with E-state index in [1.54, 1.807) is 23.1 Å². The van der Waals surface area contributed by atoms with Crippen LogP contribution in [0.5, 0.6) is 5.75 Å². The van der Waals surface area contributed by atoms with Crippen LogP contribution in [0.2, 0.25) is 5.02 Å². The van der Waals surface area contributed by atoms with Crippen LogP contribution in [0.25, 0.3) is 0 Å². The molecule has 2 heterocycles. The quantitative estimate of drug-likeness (QED) is 0.813. The van der Waals surface area contributed by atoms with Crippen LogP contribution in [0.15, 0.2) is 35.7 Å².